The van der Waals surface area contributed by atoms with Crippen LogP contribution in [0.1, 0.15) is 24.4 Å². The second-order valence-electron chi connectivity index (χ2n) is 7.72. The number of hydrogen-bond donors (Lipinski definition) is 1. The van der Waals surface area contributed by atoms with Crippen LogP contribution in [-0.4, -0.2) is 40.4 Å². The van der Waals surface area contributed by atoms with Gasteiger partial charge in [-0.2, -0.15) is 0 Å². The first-order valence-corrected chi connectivity index (χ1v) is 10.6. The third-order valence-electron chi connectivity index (χ3n) is 5.81. The van der Waals surface area contributed by atoms with Crippen molar-refractivity contribution in [3.05, 3.63) is 67.7 Å². The molecule has 3 aromatic rings. The molecule has 2 aliphatic rings. The fourth-order valence-electron chi connectivity index (χ4n) is 4.15. The van der Waals surface area contributed by atoms with Crippen LogP contribution in [0.2, 0.25) is 5.02 Å². The van der Waals surface area contributed by atoms with Crippen LogP contribution in [0.15, 0.2) is 46.0 Å². The number of carbonyl (C=O) groups is 1. The van der Waals surface area contributed by atoms with E-state index in [1.54, 1.807) is 33.7 Å². The highest BCUT2D eigenvalue weighted by molar-refractivity contribution is 6.31. The van der Waals surface area contributed by atoms with E-state index in [2.05, 4.69) is 4.98 Å². The van der Waals surface area contributed by atoms with Crippen LogP contribution in [0.4, 0.5) is 4.79 Å². The van der Waals surface area contributed by atoms with Crippen molar-refractivity contribution in [3.63, 3.8) is 0 Å². The van der Waals surface area contributed by atoms with E-state index in [0.29, 0.717) is 59.0 Å². The average molecular weight is 458 g/mol. The molecule has 1 fully saturated rings. The van der Waals surface area contributed by atoms with Gasteiger partial charge in [0.15, 0.2) is 11.5 Å². The normalized spacial score (nSPS) is 15.8. The Bertz CT molecular complexity index is 1310. The molecule has 166 valence electrons. The molecule has 1 aromatic heterocycles. The van der Waals surface area contributed by atoms with Gasteiger partial charge in [-0.3, -0.25) is 14.2 Å². The number of nitrogens with one attached hydrogen (secondary N) is 1. The van der Waals surface area contributed by atoms with Crippen molar-refractivity contribution in [2.24, 2.45) is 0 Å². The Kier molecular flexibility index (Phi) is 5.26. The molecule has 0 radical (unpaired) electrons. The summed E-state index contributed by atoms with van der Waals surface area (Å²) in [6.45, 7) is 0.958. The Labute approximate surface area is 187 Å². The summed E-state index contributed by atoms with van der Waals surface area (Å²) < 4.78 is 17.6. The molecule has 1 saturated heterocycles. The predicted molar refractivity (Wildman–Crippen MR) is 116 cm³/mol. The Morgan fingerprint density at radius 2 is 1.84 bits per heavy atom. The van der Waals surface area contributed by atoms with Gasteiger partial charge >= 0.3 is 17.2 Å². The highest BCUT2D eigenvalue weighted by atomic mass is 35.5. The molecule has 9 nitrogen and oxygen atoms in total. The number of carbonyl (C=O) groups excluding carboxylic acids is 1. The molecule has 0 atom stereocenters. The molecular weight excluding hydrogens is 438 g/mol. The molecule has 32 heavy (non-hydrogen) atoms. The molecule has 0 bridgehead atoms. The minimum atomic E-state index is -0.647. The number of ether oxygens (including phenoxy) is 3. The first kappa shape index (κ1) is 20.4. The highest BCUT2D eigenvalue weighted by Crippen LogP contribution is 2.37. The predicted octanol–water partition coefficient (Wildman–Crippen LogP) is 3.05. The molecule has 1 N–H and O–H groups in total. The lowest BCUT2D eigenvalue weighted by Gasteiger charge is -2.32. The smallest absolute Gasteiger partial charge is 0.410 e. The summed E-state index contributed by atoms with van der Waals surface area (Å²) in [6.07, 6.45) is 0.612. The lowest BCUT2D eigenvalue weighted by molar-refractivity contribution is 0.0831. The number of amides is 1. The number of likely N-dealkylation sites (tertiary alicyclic amines) is 1. The summed E-state index contributed by atoms with van der Waals surface area (Å²) in [5, 5.41) is 0.432. The van der Waals surface area contributed by atoms with Gasteiger partial charge in [-0.05, 0) is 31.0 Å². The number of aromatic amines is 1. The van der Waals surface area contributed by atoms with E-state index < -0.39 is 17.2 Å². The SMILES string of the molecule is O=C(OCc1cc2c(cc1Cl)OCO2)N1CCC(n2c(=O)c(=O)[nH]c3ccccc32)CC1. The first-order valence-electron chi connectivity index (χ1n) is 10.2. The van der Waals surface area contributed by atoms with E-state index in [0.717, 1.165) is 0 Å². The van der Waals surface area contributed by atoms with Crippen molar-refractivity contribution in [3.8, 4) is 11.5 Å². The number of rotatable bonds is 3. The molecule has 0 unspecified atom stereocenters. The third kappa shape index (κ3) is 3.69. The monoisotopic (exact) mass is 457 g/mol. The van der Waals surface area contributed by atoms with Crippen LogP contribution in [0, 0.1) is 0 Å². The number of halogens is 1. The maximum absolute atomic E-state index is 12.6. The van der Waals surface area contributed by atoms with Crippen LogP contribution in [0.3, 0.4) is 0 Å². The van der Waals surface area contributed by atoms with Crippen molar-refractivity contribution in [2.45, 2.75) is 25.5 Å². The Balaban J connectivity index is 1.25. The van der Waals surface area contributed by atoms with Crippen molar-refractivity contribution in [1.82, 2.24) is 14.5 Å². The Morgan fingerprint density at radius 3 is 2.62 bits per heavy atom. The van der Waals surface area contributed by atoms with E-state index in [1.807, 2.05) is 12.1 Å². The molecule has 2 aromatic carbocycles. The minimum Gasteiger partial charge on any atom is -0.454 e. The molecule has 3 heterocycles. The average Bonchev–Trinajstić information content (AvgIpc) is 3.25. The van der Waals surface area contributed by atoms with Crippen LogP contribution in [0.5, 0.6) is 11.5 Å². The standard InChI is InChI=1S/C22H20ClN3O6/c23-15-10-19-18(31-12-32-19)9-13(15)11-30-22(29)25-7-5-14(6-8-25)26-17-4-2-1-3-16(17)24-20(27)21(26)28/h1-4,9-10,14H,5-8,11-12H2,(H,24,27). The maximum Gasteiger partial charge on any atom is 0.410 e. The molecule has 2 aliphatic heterocycles. The Hall–Kier alpha value is -3.46. The fraction of sp³-hybridized carbons (Fsp3) is 0.318. The lowest BCUT2D eigenvalue weighted by Crippen LogP contribution is -2.44. The maximum atomic E-state index is 12.6. The zero-order valence-corrected chi connectivity index (χ0v) is 17.8. The number of hydrogen-bond acceptors (Lipinski definition) is 6. The van der Waals surface area contributed by atoms with Gasteiger partial charge in [-0.15, -0.1) is 0 Å². The molecule has 10 heteroatoms. The number of benzene rings is 2. The van der Waals surface area contributed by atoms with Crippen LogP contribution >= 0.6 is 11.6 Å². The van der Waals surface area contributed by atoms with Gasteiger partial charge in [0.05, 0.1) is 16.1 Å². The summed E-state index contributed by atoms with van der Waals surface area (Å²) in [4.78, 5) is 41.4. The largest absolute Gasteiger partial charge is 0.454 e. The molecular formula is C22H20ClN3O6. The first-order chi connectivity index (χ1) is 15.5. The topological polar surface area (TPSA) is 103 Å². The summed E-state index contributed by atoms with van der Waals surface area (Å²) in [6, 6.07) is 10.4. The summed E-state index contributed by atoms with van der Waals surface area (Å²) in [5.74, 6) is 1.13. The molecule has 0 saturated carbocycles. The van der Waals surface area contributed by atoms with Crippen LogP contribution in [-0.2, 0) is 11.3 Å². The zero-order chi connectivity index (χ0) is 22.2. The lowest BCUT2D eigenvalue weighted by atomic mass is 10.0. The van der Waals surface area contributed by atoms with Gasteiger partial charge in [0.2, 0.25) is 6.79 Å². The number of nitrogens with zero attached hydrogens (tertiary/aromatic N) is 2. The van der Waals surface area contributed by atoms with Crippen molar-refractivity contribution in [1.29, 1.82) is 0 Å². The van der Waals surface area contributed by atoms with E-state index in [9.17, 15) is 14.4 Å². The molecule has 0 aliphatic carbocycles. The van der Waals surface area contributed by atoms with Gasteiger partial charge < -0.3 is 24.1 Å². The highest BCUT2D eigenvalue weighted by Gasteiger charge is 2.27. The van der Waals surface area contributed by atoms with Crippen molar-refractivity contribution < 1.29 is 19.0 Å². The summed E-state index contributed by atoms with van der Waals surface area (Å²) in [7, 11) is 0. The molecule has 1 amide bonds. The third-order valence-corrected chi connectivity index (χ3v) is 6.16. The number of fused-ring (bicyclic) bond motifs is 2. The van der Waals surface area contributed by atoms with Gasteiger partial charge in [0, 0.05) is 30.8 Å². The zero-order valence-electron chi connectivity index (χ0n) is 17.0. The molecule has 5 rings (SSSR count). The van der Waals surface area contributed by atoms with E-state index in [4.69, 9.17) is 25.8 Å². The number of H-pyrrole nitrogens is 1. The van der Waals surface area contributed by atoms with Crippen molar-refractivity contribution in [2.75, 3.05) is 19.9 Å². The van der Waals surface area contributed by atoms with Crippen molar-refractivity contribution >= 4 is 28.7 Å². The van der Waals surface area contributed by atoms with Gasteiger partial charge in [0.1, 0.15) is 6.61 Å². The second-order valence-corrected chi connectivity index (χ2v) is 8.12. The molecule has 0 spiro atoms. The van der Waals surface area contributed by atoms with Crippen LogP contribution in [0.25, 0.3) is 11.0 Å². The second kappa shape index (κ2) is 8.23. The quantitative estimate of drug-likeness (QED) is 0.606. The number of aromatic nitrogens is 2. The van der Waals surface area contributed by atoms with E-state index in [-0.39, 0.29) is 19.4 Å². The summed E-state index contributed by atoms with van der Waals surface area (Å²) in [5.41, 5.74) is 0.684. The van der Waals surface area contributed by atoms with E-state index in [1.165, 1.54) is 0 Å². The van der Waals surface area contributed by atoms with Gasteiger partial charge in [-0.25, -0.2) is 4.79 Å². The number of piperidine rings is 1. The van der Waals surface area contributed by atoms with Gasteiger partial charge in [0.25, 0.3) is 0 Å². The minimum absolute atomic E-state index is 0.00634. The Morgan fingerprint density at radius 1 is 1.12 bits per heavy atom. The van der Waals surface area contributed by atoms with Crippen LogP contribution < -0.4 is 20.6 Å². The number of para-hydroxylation sites is 2. The fourth-order valence-corrected chi connectivity index (χ4v) is 4.36. The van der Waals surface area contributed by atoms with E-state index >= 15 is 0 Å². The summed E-state index contributed by atoms with van der Waals surface area (Å²) >= 11 is 6.24. The van der Waals surface area contributed by atoms with Gasteiger partial charge in [-0.1, -0.05) is 23.7 Å².